The summed E-state index contributed by atoms with van der Waals surface area (Å²) < 4.78 is 44.7. The van der Waals surface area contributed by atoms with Crippen molar-refractivity contribution in [1.29, 1.82) is 0 Å². The quantitative estimate of drug-likeness (QED) is 0.631. The van der Waals surface area contributed by atoms with Gasteiger partial charge in [0.2, 0.25) is 0 Å². The first-order valence-corrected chi connectivity index (χ1v) is 7.33. The number of thioether (sulfide) groups is 1. The van der Waals surface area contributed by atoms with Gasteiger partial charge in [-0.3, -0.25) is 0 Å². The molecule has 0 amide bonds. The van der Waals surface area contributed by atoms with Gasteiger partial charge in [-0.25, -0.2) is 0 Å². The van der Waals surface area contributed by atoms with E-state index in [9.17, 15) is 13.2 Å². The number of anilines is 1. The topological polar surface area (TPSA) is 35.2 Å². The normalized spacial score (nSPS) is 11.5. The number of nitrogen functional groups attached to an aromatic ring is 1. The molecule has 0 radical (unpaired) electrons. The molecule has 0 unspecified atom stereocenters. The van der Waals surface area contributed by atoms with E-state index in [0.29, 0.717) is 11.3 Å². The van der Waals surface area contributed by atoms with Crippen molar-refractivity contribution in [2.45, 2.75) is 18.0 Å². The molecule has 2 aromatic carbocycles. The van der Waals surface area contributed by atoms with E-state index in [1.165, 1.54) is 13.0 Å². The molecule has 0 spiro atoms. The summed E-state index contributed by atoms with van der Waals surface area (Å²) in [6.07, 6.45) is -2.60. The molecule has 2 nitrogen and oxygen atoms in total. The highest BCUT2D eigenvalue weighted by atomic mass is 32.2. The van der Waals surface area contributed by atoms with Gasteiger partial charge in [-0.05, 0) is 55.1 Å². The lowest BCUT2D eigenvalue weighted by atomic mass is 10.1. The lowest BCUT2D eigenvalue weighted by molar-refractivity contribution is -0.138. The number of aryl methyl sites for hydroxylation is 1. The maximum atomic E-state index is 13.1. The Kier molecular flexibility index (Phi) is 4.37. The summed E-state index contributed by atoms with van der Waals surface area (Å²) in [7, 11) is 0. The minimum Gasteiger partial charge on any atom is -0.456 e. The van der Waals surface area contributed by atoms with E-state index < -0.39 is 11.7 Å². The van der Waals surface area contributed by atoms with E-state index in [0.717, 1.165) is 11.0 Å². The summed E-state index contributed by atoms with van der Waals surface area (Å²) in [6, 6.07) is 9.21. The molecule has 0 heterocycles. The molecule has 2 N–H and O–H groups in total. The van der Waals surface area contributed by atoms with Crippen molar-refractivity contribution in [2.24, 2.45) is 0 Å². The highest BCUT2D eigenvalue weighted by Crippen LogP contribution is 2.41. The van der Waals surface area contributed by atoms with Crippen LogP contribution in [0.25, 0.3) is 0 Å². The van der Waals surface area contributed by atoms with Crippen LogP contribution >= 0.6 is 11.8 Å². The number of rotatable bonds is 3. The molecule has 0 aliphatic heterocycles. The number of hydrogen-bond donors (Lipinski definition) is 1. The van der Waals surface area contributed by atoms with Crippen LogP contribution in [-0.4, -0.2) is 6.26 Å². The third-order valence-electron chi connectivity index (χ3n) is 2.88. The predicted molar refractivity (Wildman–Crippen MR) is 78.9 cm³/mol. The van der Waals surface area contributed by atoms with Gasteiger partial charge < -0.3 is 10.5 Å². The molecule has 6 heteroatoms. The molecule has 0 bridgehead atoms. The van der Waals surface area contributed by atoms with E-state index in [1.54, 1.807) is 36.0 Å². The summed E-state index contributed by atoms with van der Waals surface area (Å²) in [5.41, 5.74) is 5.04. The molecule has 0 fully saturated rings. The maximum absolute atomic E-state index is 13.1. The second-order valence-electron chi connectivity index (χ2n) is 4.49. The zero-order valence-electron chi connectivity index (χ0n) is 11.5. The fourth-order valence-corrected chi connectivity index (χ4v) is 2.32. The van der Waals surface area contributed by atoms with Crippen molar-refractivity contribution in [1.82, 2.24) is 0 Å². The summed E-state index contributed by atoms with van der Waals surface area (Å²) in [6.45, 7) is 1.54. The Labute approximate surface area is 125 Å². The summed E-state index contributed by atoms with van der Waals surface area (Å²) in [5, 5.41) is 0. The van der Waals surface area contributed by atoms with Crippen LogP contribution in [0, 0.1) is 6.92 Å². The molecule has 0 saturated carbocycles. The standard InChI is InChI=1S/C15H14F3NOS/c1-9-7-10(19)8-13(15(16,17)18)14(9)20-11-3-5-12(21-2)6-4-11/h3-8H,19H2,1-2H3. The van der Waals surface area contributed by atoms with E-state index in [4.69, 9.17) is 10.5 Å². The average Bonchev–Trinajstić information content (AvgIpc) is 2.41. The molecule has 0 saturated heterocycles. The van der Waals surface area contributed by atoms with Crippen molar-refractivity contribution >= 4 is 17.4 Å². The first kappa shape index (κ1) is 15.6. The van der Waals surface area contributed by atoms with Crippen molar-refractivity contribution in [3.63, 3.8) is 0 Å². The molecule has 0 aliphatic rings. The third kappa shape index (κ3) is 3.64. The van der Waals surface area contributed by atoms with Crippen LogP contribution in [0.5, 0.6) is 11.5 Å². The number of alkyl halides is 3. The van der Waals surface area contributed by atoms with Crippen molar-refractivity contribution in [2.75, 3.05) is 12.0 Å². The highest BCUT2D eigenvalue weighted by molar-refractivity contribution is 7.98. The number of ether oxygens (including phenoxy) is 1. The first-order valence-electron chi connectivity index (χ1n) is 6.10. The molecule has 2 rings (SSSR count). The van der Waals surface area contributed by atoms with Crippen molar-refractivity contribution in [3.05, 3.63) is 47.5 Å². The van der Waals surface area contributed by atoms with Crippen molar-refractivity contribution < 1.29 is 17.9 Å². The zero-order valence-corrected chi connectivity index (χ0v) is 12.3. The highest BCUT2D eigenvalue weighted by Gasteiger charge is 2.35. The third-order valence-corrected chi connectivity index (χ3v) is 3.63. The molecular formula is C15H14F3NOS. The van der Waals surface area contributed by atoms with Gasteiger partial charge in [0.05, 0.1) is 0 Å². The lowest BCUT2D eigenvalue weighted by Crippen LogP contribution is -2.09. The van der Waals surface area contributed by atoms with Crippen LogP contribution in [0.3, 0.4) is 0 Å². The first-order chi connectivity index (χ1) is 9.81. The maximum Gasteiger partial charge on any atom is 0.420 e. The Morgan fingerprint density at radius 1 is 1.10 bits per heavy atom. The van der Waals surface area contributed by atoms with Gasteiger partial charge in [-0.2, -0.15) is 13.2 Å². The summed E-state index contributed by atoms with van der Waals surface area (Å²) >= 11 is 1.54. The Morgan fingerprint density at radius 3 is 2.24 bits per heavy atom. The Balaban J connectivity index is 2.42. The smallest absolute Gasteiger partial charge is 0.420 e. The van der Waals surface area contributed by atoms with Gasteiger partial charge in [-0.1, -0.05) is 0 Å². The Hall–Kier alpha value is -1.82. The second kappa shape index (κ2) is 5.89. The lowest BCUT2D eigenvalue weighted by Gasteiger charge is -2.17. The van der Waals surface area contributed by atoms with Crippen LogP contribution in [0.2, 0.25) is 0 Å². The monoisotopic (exact) mass is 313 g/mol. The number of benzene rings is 2. The molecular weight excluding hydrogens is 299 g/mol. The van der Waals surface area contributed by atoms with E-state index in [2.05, 4.69) is 0 Å². The van der Waals surface area contributed by atoms with Gasteiger partial charge in [0.15, 0.2) is 0 Å². The molecule has 21 heavy (non-hydrogen) atoms. The second-order valence-corrected chi connectivity index (χ2v) is 5.37. The molecule has 0 atom stereocenters. The Morgan fingerprint density at radius 2 is 1.71 bits per heavy atom. The van der Waals surface area contributed by atoms with Crippen LogP contribution in [0.4, 0.5) is 18.9 Å². The molecule has 0 aliphatic carbocycles. The fourth-order valence-electron chi connectivity index (χ4n) is 1.91. The van der Waals surface area contributed by atoms with Gasteiger partial charge in [-0.15, -0.1) is 11.8 Å². The van der Waals surface area contributed by atoms with Crippen LogP contribution in [-0.2, 0) is 6.18 Å². The SMILES string of the molecule is CSc1ccc(Oc2c(C)cc(N)cc2C(F)(F)F)cc1. The van der Waals surface area contributed by atoms with Crippen LogP contribution in [0.1, 0.15) is 11.1 Å². The minimum absolute atomic E-state index is 0.0601. The molecule has 112 valence electrons. The van der Waals surface area contributed by atoms with Gasteiger partial charge in [0.25, 0.3) is 0 Å². The molecule has 0 aromatic heterocycles. The Bertz CT molecular complexity index is 639. The van der Waals surface area contributed by atoms with Gasteiger partial charge >= 0.3 is 6.18 Å². The van der Waals surface area contributed by atoms with Crippen LogP contribution < -0.4 is 10.5 Å². The van der Waals surface area contributed by atoms with Crippen LogP contribution in [0.15, 0.2) is 41.3 Å². The number of nitrogens with two attached hydrogens (primary N) is 1. The van der Waals surface area contributed by atoms with Gasteiger partial charge in [0, 0.05) is 10.6 Å². The van der Waals surface area contributed by atoms with E-state index in [-0.39, 0.29) is 11.4 Å². The van der Waals surface area contributed by atoms with E-state index >= 15 is 0 Å². The number of halogens is 3. The molecule has 2 aromatic rings. The van der Waals surface area contributed by atoms with Gasteiger partial charge in [0.1, 0.15) is 17.1 Å². The summed E-state index contributed by atoms with van der Waals surface area (Å²) in [5.74, 6) is 0.139. The van der Waals surface area contributed by atoms with Crippen molar-refractivity contribution in [3.8, 4) is 11.5 Å². The largest absolute Gasteiger partial charge is 0.456 e. The average molecular weight is 313 g/mol. The zero-order chi connectivity index (χ0) is 15.6. The van der Waals surface area contributed by atoms with E-state index in [1.807, 2.05) is 6.26 Å². The minimum atomic E-state index is -4.52. The number of hydrogen-bond acceptors (Lipinski definition) is 3. The summed E-state index contributed by atoms with van der Waals surface area (Å²) in [4.78, 5) is 1.01. The predicted octanol–water partition coefficient (Wildman–Crippen LogP) is 5.11. The fraction of sp³-hybridized carbons (Fsp3) is 0.200.